The summed E-state index contributed by atoms with van der Waals surface area (Å²) in [6.07, 6.45) is 4.78. The van der Waals surface area contributed by atoms with E-state index in [9.17, 15) is 4.39 Å². The van der Waals surface area contributed by atoms with Crippen LogP contribution in [0.4, 0.5) is 4.39 Å². The Morgan fingerprint density at radius 1 is 1.06 bits per heavy atom. The van der Waals surface area contributed by atoms with Crippen molar-refractivity contribution in [3.8, 4) is 0 Å². The van der Waals surface area contributed by atoms with Crippen LogP contribution >= 0.6 is 0 Å². The van der Waals surface area contributed by atoms with Gasteiger partial charge in [-0.1, -0.05) is 0 Å². The number of hydrogen-bond acceptors (Lipinski definition) is 3. The van der Waals surface area contributed by atoms with Crippen LogP contribution in [-0.4, -0.2) is 9.97 Å². The highest BCUT2D eigenvalue weighted by atomic mass is 19.1. The third kappa shape index (κ3) is 3.11. The molecule has 2 atom stereocenters. The van der Waals surface area contributed by atoms with Crippen molar-refractivity contribution in [1.82, 2.24) is 15.3 Å². The van der Waals surface area contributed by atoms with Crippen LogP contribution in [0, 0.1) is 5.82 Å². The monoisotopic (exact) mass is 245 g/mol. The first-order valence-electron chi connectivity index (χ1n) is 5.94. The van der Waals surface area contributed by atoms with E-state index in [-0.39, 0.29) is 17.9 Å². The maximum atomic E-state index is 12.8. The molecule has 0 spiro atoms. The minimum Gasteiger partial charge on any atom is -0.302 e. The fraction of sp³-hybridized carbons (Fsp3) is 0.286. The van der Waals surface area contributed by atoms with Gasteiger partial charge in [-0.05, 0) is 43.7 Å². The van der Waals surface area contributed by atoms with Crippen LogP contribution in [0.3, 0.4) is 0 Å². The van der Waals surface area contributed by atoms with Crippen molar-refractivity contribution in [2.75, 3.05) is 0 Å². The number of halogens is 1. The topological polar surface area (TPSA) is 37.8 Å². The predicted octanol–water partition coefficient (Wildman–Crippen LogP) is 3.03. The molecule has 0 aliphatic carbocycles. The quantitative estimate of drug-likeness (QED) is 0.899. The molecule has 18 heavy (non-hydrogen) atoms. The van der Waals surface area contributed by atoms with Crippen molar-refractivity contribution in [2.45, 2.75) is 25.9 Å². The first-order chi connectivity index (χ1) is 8.66. The first kappa shape index (κ1) is 12.6. The van der Waals surface area contributed by atoms with Gasteiger partial charge >= 0.3 is 0 Å². The van der Waals surface area contributed by atoms with E-state index in [0.717, 1.165) is 5.69 Å². The Balaban J connectivity index is 2.03. The molecule has 4 heteroatoms. The van der Waals surface area contributed by atoms with E-state index in [2.05, 4.69) is 22.2 Å². The second kappa shape index (κ2) is 5.69. The molecule has 0 amide bonds. The van der Waals surface area contributed by atoms with E-state index in [4.69, 9.17) is 0 Å². The lowest BCUT2D eigenvalue weighted by Gasteiger charge is -2.19. The zero-order valence-electron chi connectivity index (χ0n) is 10.5. The fourth-order valence-electron chi connectivity index (χ4n) is 1.85. The minimum absolute atomic E-state index is 0.0637. The molecular weight excluding hydrogens is 229 g/mol. The first-order valence-corrected chi connectivity index (χ1v) is 5.94. The van der Waals surface area contributed by atoms with E-state index >= 15 is 0 Å². The molecule has 0 fully saturated rings. The van der Waals surface area contributed by atoms with Gasteiger partial charge in [0.2, 0.25) is 0 Å². The molecule has 2 heterocycles. The number of hydrogen-bond donors (Lipinski definition) is 1. The Kier molecular flexibility index (Phi) is 3.99. The summed E-state index contributed by atoms with van der Waals surface area (Å²) in [5, 5.41) is 3.42. The summed E-state index contributed by atoms with van der Waals surface area (Å²) in [7, 11) is 0. The predicted molar refractivity (Wildman–Crippen MR) is 68.4 cm³/mol. The smallest absolute Gasteiger partial charge is 0.141 e. The third-order valence-electron chi connectivity index (χ3n) is 2.90. The van der Waals surface area contributed by atoms with Crippen LogP contribution in [0.25, 0.3) is 0 Å². The summed E-state index contributed by atoms with van der Waals surface area (Å²) < 4.78 is 12.8. The number of nitrogens with one attached hydrogen (secondary N) is 1. The number of pyridine rings is 2. The molecule has 3 nitrogen and oxygen atoms in total. The van der Waals surface area contributed by atoms with Gasteiger partial charge in [-0.25, -0.2) is 4.39 Å². The van der Waals surface area contributed by atoms with Gasteiger partial charge in [-0.3, -0.25) is 9.97 Å². The molecule has 0 aliphatic heterocycles. The van der Waals surface area contributed by atoms with E-state index in [0.29, 0.717) is 0 Å². The summed E-state index contributed by atoms with van der Waals surface area (Å²) in [6, 6.07) is 7.33. The zero-order valence-corrected chi connectivity index (χ0v) is 10.5. The summed E-state index contributed by atoms with van der Waals surface area (Å²) in [5.41, 5.74) is 2.00. The highest BCUT2D eigenvalue weighted by molar-refractivity contribution is 5.16. The third-order valence-corrected chi connectivity index (χ3v) is 2.90. The second-order valence-electron chi connectivity index (χ2n) is 4.29. The van der Waals surface area contributed by atoms with E-state index < -0.39 is 0 Å². The molecule has 1 N–H and O–H groups in total. The van der Waals surface area contributed by atoms with Crippen LogP contribution in [0.15, 0.2) is 42.9 Å². The van der Waals surface area contributed by atoms with Crippen molar-refractivity contribution in [2.24, 2.45) is 0 Å². The zero-order chi connectivity index (χ0) is 13.0. The largest absolute Gasteiger partial charge is 0.302 e. The van der Waals surface area contributed by atoms with Crippen molar-refractivity contribution < 1.29 is 4.39 Å². The number of aromatic nitrogens is 2. The summed E-state index contributed by atoms with van der Waals surface area (Å²) >= 11 is 0. The molecule has 2 rings (SSSR count). The average Bonchev–Trinajstić information content (AvgIpc) is 2.40. The maximum absolute atomic E-state index is 12.8. The Labute approximate surface area is 106 Å². The number of rotatable bonds is 4. The van der Waals surface area contributed by atoms with Gasteiger partial charge < -0.3 is 5.32 Å². The lowest BCUT2D eigenvalue weighted by molar-refractivity contribution is 0.484. The van der Waals surface area contributed by atoms with E-state index in [1.165, 1.54) is 17.8 Å². The summed E-state index contributed by atoms with van der Waals surface area (Å²) in [6.45, 7) is 4.09. The van der Waals surface area contributed by atoms with Gasteiger partial charge in [-0.2, -0.15) is 0 Å². The Hall–Kier alpha value is -1.81. The Morgan fingerprint density at radius 2 is 1.78 bits per heavy atom. The van der Waals surface area contributed by atoms with Gasteiger partial charge in [0.15, 0.2) is 0 Å². The minimum atomic E-state index is -0.312. The van der Waals surface area contributed by atoms with Crippen molar-refractivity contribution >= 4 is 0 Å². The molecule has 0 aromatic carbocycles. The normalized spacial score (nSPS) is 14.2. The van der Waals surface area contributed by atoms with Gasteiger partial charge in [0.1, 0.15) is 5.82 Å². The molecular formula is C14H16FN3. The average molecular weight is 245 g/mol. The molecule has 0 radical (unpaired) electrons. The Bertz CT molecular complexity index is 484. The van der Waals surface area contributed by atoms with Crippen LogP contribution in [-0.2, 0) is 0 Å². The van der Waals surface area contributed by atoms with Gasteiger partial charge in [0.25, 0.3) is 0 Å². The second-order valence-corrected chi connectivity index (χ2v) is 4.29. The van der Waals surface area contributed by atoms with Gasteiger partial charge in [0, 0.05) is 24.5 Å². The SMILES string of the molecule is CC(N[C@@H](C)c1ccncc1)c1ccc(F)cn1. The molecule has 1 unspecified atom stereocenters. The van der Waals surface area contributed by atoms with Crippen molar-refractivity contribution in [1.29, 1.82) is 0 Å². The summed E-state index contributed by atoms with van der Waals surface area (Å²) in [5.74, 6) is -0.312. The van der Waals surface area contributed by atoms with Crippen LogP contribution in [0.2, 0.25) is 0 Å². The molecule has 0 saturated heterocycles. The maximum Gasteiger partial charge on any atom is 0.141 e. The van der Waals surface area contributed by atoms with E-state index in [1.54, 1.807) is 18.5 Å². The fourth-order valence-corrected chi connectivity index (χ4v) is 1.85. The molecule has 0 bridgehead atoms. The lowest BCUT2D eigenvalue weighted by atomic mass is 10.1. The highest BCUT2D eigenvalue weighted by Gasteiger charge is 2.11. The van der Waals surface area contributed by atoms with Gasteiger partial charge in [-0.15, -0.1) is 0 Å². The van der Waals surface area contributed by atoms with Gasteiger partial charge in [0.05, 0.1) is 11.9 Å². The van der Waals surface area contributed by atoms with Crippen molar-refractivity contribution in [3.63, 3.8) is 0 Å². The lowest BCUT2D eigenvalue weighted by Crippen LogP contribution is -2.23. The van der Waals surface area contributed by atoms with Crippen LogP contribution in [0.1, 0.15) is 37.2 Å². The molecule has 2 aromatic rings. The van der Waals surface area contributed by atoms with Crippen LogP contribution in [0.5, 0.6) is 0 Å². The molecule has 0 saturated carbocycles. The molecule has 94 valence electrons. The van der Waals surface area contributed by atoms with Crippen molar-refractivity contribution in [3.05, 3.63) is 59.9 Å². The molecule has 0 aliphatic rings. The standard InChI is InChI=1S/C14H16FN3/c1-10(12-5-7-16-8-6-12)18-11(2)14-4-3-13(15)9-17-14/h3-11,18H,1-2H3/t10-,11?/m0/s1. The highest BCUT2D eigenvalue weighted by Crippen LogP contribution is 2.17. The Morgan fingerprint density at radius 3 is 2.39 bits per heavy atom. The van der Waals surface area contributed by atoms with Crippen LogP contribution < -0.4 is 5.32 Å². The molecule has 2 aromatic heterocycles. The van der Waals surface area contributed by atoms with E-state index in [1.807, 2.05) is 19.1 Å². The number of nitrogens with zero attached hydrogens (tertiary/aromatic N) is 2. The summed E-state index contributed by atoms with van der Waals surface area (Å²) in [4.78, 5) is 8.07.